The first-order chi connectivity index (χ1) is 13.2. The maximum absolute atomic E-state index is 13.8. The Morgan fingerprint density at radius 3 is 2.50 bits per heavy atom. The van der Waals surface area contributed by atoms with Crippen LogP contribution >= 0.6 is 11.6 Å². The molecule has 0 fully saturated rings. The molecule has 142 valence electrons. The lowest BCUT2D eigenvalue weighted by molar-refractivity contribution is -0.126. The number of phenolic OH excluding ortho intramolecular Hbond substituents is 1. The van der Waals surface area contributed by atoms with Crippen LogP contribution in [0.5, 0.6) is 5.75 Å². The van der Waals surface area contributed by atoms with Gasteiger partial charge >= 0.3 is 0 Å². The van der Waals surface area contributed by atoms with E-state index < -0.39 is 40.2 Å². The lowest BCUT2D eigenvalue weighted by Gasteiger charge is -2.18. The number of nitrogens with zero attached hydrogens (tertiary/aromatic N) is 3. The number of aromatic hydroxyl groups is 1. The molecule has 0 unspecified atom stereocenters. The van der Waals surface area contributed by atoms with E-state index in [0.29, 0.717) is 6.07 Å². The van der Waals surface area contributed by atoms with Crippen LogP contribution in [0.25, 0.3) is 5.76 Å². The molecule has 2 aromatic rings. The van der Waals surface area contributed by atoms with Gasteiger partial charge in [0.2, 0.25) is 0 Å². The second kappa shape index (κ2) is 8.38. The quantitative estimate of drug-likeness (QED) is 0.460. The second-order valence-corrected chi connectivity index (χ2v) is 6.13. The maximum Gasteiger partial charge on any atom is 0.268 e. The smallest absolute Gasteiger partial charge is 0.268 e. The van der Waals surface area contributed by atoms with Gasteiger partial charge in [-0.25, -0.2) is 8.78 Å². The molecule has 28 heavy (non-hydrogen) atoms. The number of carbonyl (C=O) groups excluding carboxylic acids is 1. The summed E-state index contributed by atoms with van der Waals surface area (Å²) < 4.78 is 27.6. The third-order valence-electron chi connectivity index (χ3n) is 3.78. The lowest BCUT2D eigenvalue weighted by atomic mass is 10.0. The Balaban J connectivity index is 2.41. The van der Waals surface area contributed by atoms with Crippen molar-refractivity contribution in [3.63, 3.8) is 0 Å². The number of hydrogen-bond acceptors (Lipinski definition) is 5. The van der Waals surface area contributed by atoms with Gasteiger partial charge < -0.3 is 15.1 Å². The molecule has 0 aromatic heterocycles. The molecule has 2 rings (SSSR count). The predicted molar refractivity (Wildman–Crippen MR) is 95.8 cm³/mol. The van der Waals surface area contributed by atoms with Gasteiger partial charge in [0.05, 0.1) is 5.56 Å². The largest absolute Gasteiger partial charge is 0.506 e. The number of amides is 1. The van der Waals surface area contributed by atoms with Gasteiger partial charge in [-0.1, -0.05) is 11.6 Å². The highest BCUT2D eigenvalue weighted by molar-refractivity contribution is 6.30. The molecular formula is C19H12ClF2N3O3. The minimum atomic E-state index is -1.21. The van der Waals surface area contributed by atoms with Crippen LogP contribution in [0.15, 0.2) is 35.9 Å². The minimum absolute atomic E-state index is 0.0857. The molecule has 0 saturated heterocycles. The Hall–Kier alpha value is -3.62. The highest BCUT2D eigenvalue weighted by Gasteiger charge is 2.23. The summed E-state index contributed by atoms with van der Waals surface area (Å²) in [5, 5.41) is 38.1. The van der Waals surface area contributed by atoms with Crippen LogP contribution in [0.1, 0.15) is 16.7 Å². The Morgan fingerprint density at radius 2 is 1.89 bits per heavy atom. The summed E-state index contributed by atoms with van der Waals surface area (Å²) in [5.74, 6) is -4.60. The average molecular weight is 404 g/mol. The number of nitriles is 2. The number of carbonyl (C=O) groups is 1. The first kappa shape index (κ1) is 20.7. The van der Waals surface area contributed by atoms with Gasteiger partial charge in [0.15, 0.2) is 17.1 Å². The highest BCUT2D eigenvalue weighted by atomic mass is 35.5. The van der Waals surface area contributed by atoms with Crippen LogP contribution in [-0.4, -0.2) is 28.1 Å². The van der Waals surface area contributed by atoms with Crippen molar-refractivity contribution in [1.29, 1.82) is 10.5 Å². The molecule has 2 aromatic carbocycles. The Labute approximate surface area is 163 Å². The fraction of sp³-hybridized carbons (Fsp3) is 0.105. The molecule has 0 radical (unpaired) electrons. The summed E-state index contributed by atoms with van der Waals surface area (Å²) in [5.41, 5.74) is -1.50. The molecule has 0 aliphatic carbocycles. The zero-order chi connectivity index (χ0) is 21.0. The van der Waals surface area contributed by atoms with Crippen molar-refractivity contribution in [1.82, 2.24) is 4.90 Å². The summed E-state index contributed by atoms with van der Waals surface area (Å²) >= 11 is 5.80. The Kier molecular flexibility index (Phi) is 6.19. The van der Waals surface area contributed by atoms with Crippen LogP contribution < -0.4 is 0 Å². The van der Waals surface area contributed by atoms with Crippen molar-refractivity contribution in [3.8, 4) is 17.9 Å². The summed E-state index contributed by atoms with van der Waals surface area (Å²) in [7, 11) is 1.27. The van der Waals surface area contributed by atoms with Crippen molar-refractivity contribution < 1.29 is 23.8 Å². The van der Waals surface area contributed by atoms with E-state index in [2.05, 4.69) is 0 Å². The molecule has 2 N–H and O–H groups in total. The van der Waals surface area contributed by atoms with E-state index in [4.69, 9.17) is 16.9 Å². The van der Waals surface area contributed by atoms with Crippen molar-refractivity contribution in [2.75, 3.05) is 7.05 Å². The highest BCUT2D eigenvalue weighted by Crippen LogP contribution is 2.27. The number of benzene rings is 2. The summed E-state index contributed by atoms with van der Waals surface area (Å²) in [6.45, 7) is -0.253. The van der Waals surface area contributed by atoms with Crippen LogP contribution in [-0.2, 0) is 11.3 Å². The molecule has 0 heterocycles. The minimum Gasteiger partial charge on any atom is -0.506 e. The van der Waals surface area contributed by atoms with Crippen LogP contribution in [0.4, 0.5) is 8.78 Å². The van der Waals surface area contributed by atoms with Gasteiger partial charge in [-0.2, -0.15) is 10.5 Å². The molecule has 0 saturated carbocycles. The zero-order valence-electron chi connectivity index (χ0n) is 14.4. The Morgan fingerprint density at radius 1 is 1.21 bits per heavy atom. The molecule has 0 aliphatic heterocycles. The third kappa shape index (κ3) is 4.20. The third-order valence-corrected chi connectivity index (χ3v) is 4.02. The number of rotatable bonds is 4. The standard InChI is InChI=1S/C19H12ClF2N3O3/c1-25(9-12-5-13(20)2-3-15(12)21)19(28)14(8-24)17(26)10-4-11(7-23)18(27)16(22)6-10/h2-6,26-27H,9H2,1H3/b17-14-. The van der Waals surface area contributed by atoms with Crippen LogP contribution in [0, 0.1) is 34.3 Å². The topological polar surface area (TPSA) is 108 Å². The van der Waals surface area contributed by atoms with Gasteiger partial charge in [0.1, 0.15) is 23.7 Å². The number of likely N-dealkylation sites (N-methyl/N-ethyl adjacent to an activating group) is 1. The zero-order valence-corrected chi connectivity index (χ0v) is 15.1. The van der Waals surface area contributed by atoms with E-state index in [0.717, 1.165) is 17.0 Å². The van der Waals surface area contributed by atoms with Crippen LogP contribution in [0.2, 0.25) is 5.02 Å². The fourth-order valence-electron chi connectivity index (χ4n) is 2.35. The van der Waals surface area contributed by atoms with Crippen molar-refractivity contribution in [3.05, 3.63) is 69.3 Å². The van der Waals surface area contributed by atoms with Gasteiger partial charge in [-0.3, -0.25) is 4.79 Å². The number of phenols is 1. The van der Waals surface area contributed by atoms with Crippen molar-refractivity contribution in [2.45, 2.75) is 6.54 Å². The summed E-state index contributed by atoms with van der Waals surface area (Å²) in [4.78, 5) is 13.5. The first-order valence-corrected chi connectivity index (χ1v) is 8.03. The maximum atomic E-state index is 13.8. The van der Waals surface area contributed by atoms with Crippen molar-refractivity contribution >= 4 is 23.3 Å². The molecular weight excluding hydrogens is 392 g/mol. The van der Waals surface area contributed by atoms with Crippen LogP contribution in [0.3, 0.4) is 0 Å². The molecule has 0 bridgehead atoms. The number of halogens is 3. The fourth-order valence-corrected chi connectivity index (χ4v) is 2.54. The first-order valence-electron chi connectivity index (χ1n) is 7.65. The summed E-state index contributed by atoms with van der Waals surface area (Å²) in [6, 6.07) is 8.41. The van der Waals surface area contributed by atoms with Gasteiger partial charge in [-0.15, -0.1) is 0 Å². The molecule has 9 heteroatoms. The lowest BCUT2D eigenvalue weighted by Crippen LogP contribution is -2.28. The van der Waals surface area contributed by atoms with E-state index >= 15 is 0 Å². The van der Waals surface area contributed by atoms with E-state index in [9.17, 15) is 29.1 Å². The SMILES string of the molecule is CN(Cc1cc(Cl)ccc1F)C(=O)/C(C#N)=C(\O)c1cc(F)c(O)c(C#N)c1. The van der Waals surface area contributed by atoms with Gasteiger partial charge in [0.25, 0.3) is 5.91 Å². The molecule has 6 nitrogen and oxygen atoms in total. The Bertz CT molecular complexity index is 1070. The molecule has 1 amide bonds. The van der Waals surface area contributed by atoms with E-state index in [1.165, 1.54) is 31.3 Å². The van der Waals surface area contributed by atoms with Gasteiger partial charge in [-0.05, 0) is 30.3 Å². The number of aliphatic hydroxyl groups is 1. The number of aliphatic hydroxyl groups excluding tert-OH is 1. The monoisotopic (exact) mass is 403 g/mol. The molecule has 0 atom stereocenters. The van der Waals surface area contributed by atoms with Gasteiger partial charge in [0, 0.05) is 29.7 Å². The average Bonchev–Trinajstić information content (AvgIpc) is 2.66. The van der Waals surface area contributed by atoms with E-state index in [-0.39, 0.29) is 22.7 Å². The van der Waals surface area contributed by atoms with E-state index in [1.807, 2.05) is 0 Å². The van der Waals surface area contributed by atoms with E-state index in [1.54, 1.807) is 0 Å². The molecule has 0 aliphatic rings. The molecule has 0 spiro atoms. The normalized spacial score (nSPS) is 11.2. The summed E-state index contributed by atoms with van der Waals surface area (Å²) in [6.07, 6.45) is 0. The predicted octanol–water partition coefficient (Wildman–Crippen LogP) is 3.65. The van der Waals surface area contributed by atoms with Crippen molar-refractivity contribution in [2.24, 2.45) is 0 Å². The number of hydrogen-bond donors (Lipinski definition) is 2. The second-order valence-electron chi connectivity index (χ2n) is 5.70.